The van der Waals surface area contributed by atoms with E-state index in [-0.39, 0.29) is 11.1 Å². The number of nitrogens with one attached hydrogen (secondary N) is 1. The van der Waals surface area contributed by atoms with Crippen molar-refractivity contribution in [1.82, 2.24) is 15.2 Å². The number of benzene rings is 1. The van der Waals surface area contributed by atoms with Crippen LogP contribution in [0.1, 0.15) is 31.4 Å². The van der Waals surface area contributed by atoms with Crippen molar-refractivity contribution in [3.05, 3.63) is 58.0 Å². The monoisotopic (exact) mass is 472 g/mol. The number of aromatic nitrogens is 3. The van der Waals surface area contributed by atoms with Crippen molar-refractivity contribution in [2.24, 2.45) is 0 Å². The highest BCUT2D eigenvalue weighted by Gasteiger charge is 2.28. The molecular weight excluding hydrogens is 450 g/mol. The molecule has 1 aromatic carbocycles. The molecule has 0 radical (unpaired) electrons. The molecule has 166 valence electrons. The first-order valence-electron chi connectivity index (χ1n) is 10.8. The van der Waals surface area contributed by atoms with E-state index in [1.807, 2.05) is 31.3 Å². The van der Waals surface area contributed by atoms with Crippen LogP contribution in [0.4, 0.5) is 21.7 Å². The van der Waals surface area contributed by atoms with Crippen molar-refractivity contribution in [2.45, 2.75) is 25.8 Å². The summed E-state index contributed by atoms with van der Waals surface area (Å²) in [4.78, 5) is 9.06. The zero-order valence-electron chi connectivity index (χ0n) is 17.7. The average Bonchev–Trinajstić information content (AvgIpc) is 3.36. The van der Waals surface area contributed by atoms with Gasteiger partial charge in [-0.25, -0.2) is 9.37 Å². The Morgan fingerprint density at radius 2 is 1.88 bits per heavy atom. The standard InChI is InChI=1S/C23H23Cl2FN6/c1-14(21-16(24)5-6-17(26)22(21)25)32-11-8-27-23-19(32)12-18(29-30-23)15-4-7-20(28-13-15)31-9-2-3-10-31/h4-7,12-14H,2-3,8-11H2,1H3,(H,27,30)/t14-/m1/s1. The highest BCUT2D eigenvalue weighted by atomic mass is 35.5. The predicted octanol–water partition coefficient (Wildman–Crippen LogP) is 5.58. The van der Waals surface area contributed by atoms with Gasteiger partial charge in [-0.15, -0.1) is 10.2 Å². The van der Waals surface area contributed by atoms with Gasteiger partial charge in [0.25, 0.3) is 0 Å². The van der Waals surface area contributed by atoms with Crippen molar-refractivity contribution >= 4 is 40.5 Å². The smallest absolute Gasteiger partial charge is 0.172 e. The molecule has 0 unspecified atom stereocenters. The molecule has 1 N–H and O–H groups in total. The summed E-state index contributed by atoms with van der Waals surface area (Å²) in [5, 5.41) is 12.6. The maximum Gasteiger partial charge on any atom is 0.172 e. The minimum Gasteiger partial charge on any atom is -0.365 e. The lowest BCUT2D eigenvalue weighted by Crippen LogP contribution is -2.37. The quantitative estimate of drug-likeness (QED) is 0.500. The minimum atomic E-state index is -0.481. The van der Waals surface area contributed by atoms with E-state index in [2.05, 4.69) is 30.3 Å². The Hall–Kier alpha value is -2.64. The Morgan fingerprint density at radius 1 is 1.06 bits per heavy atom. The fraction of sp³-hybridized carbons (Fsp3) is 0.348. The molecule has 1 fully saturated rings. The van der Waals surface area contributed by atoms with Crippen molar-refractivity contribution in [2.75, 3.05) is 41.3 Å². The van der Waals surface area contributed by atoms with E-state index in [0.29, 0.717) is 29.5 Å². The Bertz CT molecular complexity index is 1130. The predicted molar refractivity (Wildman–Crippen MR) is 127 cm³/mol. The van der Waals surface area contributed by atoms with Crippen LogP contribution in [0.2, 0.25) is 10.0 Å². The number of halogens is 3. The number of anilines is 3. The van der Waals surface area contributed by atoms with Gasteiger partial charge in [0.05, 0.1) is 22.4 Å². The van der Waals surface area contributed by atoms with Crippen LogP contribution in [0.5, 0.6) is 0 Å². The zero-order valence-corrected chi connectivity index (χ0v) is 19.2. The molecule has 4 heterocycles. The maximum atomic E-state index is 14.2. The second kappa shape index (κ2) is 8.71. The molecule has 2 aliphatic heterocycles. The number of hydrogen-bond donors (Lipinski definition) is 1. The summed E-state index contributed by atoms with van der Waals surface area (Å²) in [6.45, 7) is 5.44. The summed E-state index contributed by atoms with van der Waals surface area (Å²) in [7, 11) is 0. The molecule has 0 aliphatic carbocycles. The molecule has 32 heavy (non-hydrogen) atoms. The lowest BCUT2D eigenvalue weighted by Gasteiger charge is -2.36. The molecule has 5 rings (SSSR count). The summed E-state index contributed by atoms with van der Waals surface area (Å²) in [6.07, 6.45) is 4.26. The lowest BCUT2D eigenvalue weighted by molar-refractivity contribution is 0.614. The van der Waals surface area contributed by atoms with Crippen LogP contribution in [0.3, 0.4) is 0 Å². The third-order valence-electron chi connectivity index (χ3n) is 6.17. The third-order valence-corrected chi connectivity index (χ3v) is 6.88. The van der Waals surface area contributed by atoms with Gasteiger partial charge < -0.3 is 15.1 Å². The molecule has 1 atom stereocenters. The van der Waals surface area contributed by atoms with Gasteiger partial charge in [-0.05, 0) is 50.1 Å². The SMILES string of the molecule is C[C@H](c1c(Cl)ccc(F)c1Cl)N1CCNc2nnc(-c3ccc(N4CCCC4)nc3)cc21. The summed E-state index contributed by atoms with van der Waals surface area (Å²) in [6, 6.07) is 8.63. The average molecular weight is 473 g/mol. The Morgan fingerprint density at radius 3 is 2.62 bits per heavy atom. The van der Waals surface area contributed by atoms with E-state index in [4.69, 9.17) is 23.2 Å². The van der Waals surface area contributed by atoms with E-state index in [1.165, 1.54) is 18.9 Å². The normalized spacial score (nSPS) is 16.6. The fourth-order valence-electron chi connectivity index (χ4n) is 4.44. The van der Waals surface area contributed by atoms with Crippen molar-refractivity contribution < 1.29 is 4.39 Å². The van der Waals surface area contributed by atoms with Crippen LogP contribution in [0.15, 0.2) is 36.5 Å². The van der Waals surface area contributed by atoms with Gasteiger partial charge >= 0.3 is 0 Å². The minimum absolute atomic E-state index is 0.0500. The number of rotatable bonds is 4. The van der Waals surface area contributed by atoms with Crippen LogP contribution in [0.25, 0.3) is 11.3 Å². The van der Waals surface area contributed by atoms with E-state index in [0.717, 1.165) is 35.9 Å². The van der Waals surface area contributed by atoms with Gasteiger partial charge in [0, 0.05) is 48.5 Å². The van der Waals surface area contributed by atoms with Gasteiger partial charge in [-0.3, -0.25) is 0 Å². The van der Waals surface area contributed by atoms with Crippen LogP contribution in [-0.4, -0.2) is 41.4 Å². The molecule has 1 saturated heterocycles. The van der Waals surface area contributed by atoms with Gasteiger partial charge in [0.1, 0.15) is 11.6 Å². The number of hydrogen-bond acceptors (Lipinski definition) is 6. The Balaban J connectivity index is 1.48. The topological polar surface area (TPSA) is 57.2 Å². The number of pyridine rings is 1. The van der Waals surface area contributed by atoms with Crippen molar-refractivity contribution in [3.8, 4) is 11.3 Å². The zero-order chi connectivity index (χ0) is 22.2. The van der Waals surface area contributed by atoms with Crippen LogP contribution in [0, 0.1) is 5.82 Å². The van der Waals surface area contributed by atoms with Crippen molar-refractivity contribution in [3.63, 3.8) is 0 Å². The molecule has 6 nitrogen and oxygen atoms in total. The molecule has 3 aromatic rings. The van der Waals surface area contributed by atoms with Gasteiger partial charge in [0.2, 0.25) is 0 Å². The third kappa shape index (κ3) is 3.84. The first-order chi connectivity index (χ1) is 15.5. The second-order valence-corrected chi connectivity index (χ2v) is 8.90. The van der Waals surface area contributed by atoms with Gasteiger partial charge in [-0.2, -0.15) is 0 Å². The van der Waals surface area contributed by atoms with Gasteiger partial charge in [0.15, 0.2) is 5.82 Å². The molecule has 0 amide bonds. The number of fused-ring (bicyclic) bond motifs is 1. The van der Waals surface area contributed by atoms with Crippen LogP contribution in [-0.2, 0) is 0 Å². The van der Waals surface area contributed by atoms with E-state index < -0.39 is 5.82 Å². The highest BCUT2D eigenvalue weighted by molar-refractivity contribution is 6.36. The molecule has 2 aromatic heterocycles. The Labute approximate surface area is 196 Å². The molecule has 9 heteroatoms. The van der Waals surface area contributed by atoms with Crippen molar-refractivity contribution in [1.29, 1.82) is 0 Å². The van der Waals surface area contributed by atoms with E-state index in [1.54, 1.807) is 6.07 Å². The van der Waals surface area contributed by atoms with Gasteiger partial charge in [-0.1, -0.05) is 23.2 Å². The molecule has 2 aliphatic rings. The number of nitrogens with zero attached hydrogens (tertiary/aromatic N) is 5. The molecule has 0 saturated carbocycles. The highest BCUT2D eigenvalue weighted by Crippen LogP contribution is 2.40. The molecular formula is C23H23Cl2FN6. The molecule has 0 spiro atoms. The van der Waals surface area contributed by atoms with E-state index in [9.17, 15) is 4.39 Å². The van der Waals surface area contributed by atoms with E-state index >= 15 is 0 Å². The lowest BCUT2D eigenvalue weighted by atomic mass is 10.0. The largest absolute Gasteiger partial charge is 0.365 e. The fourth-order valence-corrected chi connectivity index (χ4v) is 5.12. The summed E-state index contributed by atoms with van der Waals surface area (Å²) < 4.78 is 14.2. The first-order valence-corrected chi connectivity index (χ1v) is 11.5. The summed E-state index contributed by atoms with van der Waals surface area (Å²) >= 11 is 12.7. The maximum absolute atomic E-state index is 14.2. The summed E-state index contributed by atoms with van der Waals surface area (Å²) in [5.41, 5.74) is 3.05. The second-order valence-electron chi connectivity index (χ2n) is 8.12. The summed E-state index contributed by atoms with van der Waals surface area (Å²) in [5.74, 6) is 1.19. The van der Waals surface area contributed by atoms with Crippen LogP contribution >= 0.6 is 23.2 Å². The first kappa shape index (κ1) is 21.2. The molecule has 0 bridgehead atoms. The van der Waals surface area contributed by atoms with Crippen LogP contribution < -0.4 is 15.1 Å². The Kier molecular flexibility index (Phi) is 5.78.